The predicted octanol–water partition coefficient (Wildman–Crippen LogP) is 0.754. The first kappa shape index (κ1) is 20.2. The average molecular weight is 402 g/mol. The summed E-state index contributed by atoms with van der Waals surface area (Å²) >= 11 is 0. The molecular weight excluding hydrogens is 370 g/mol. The van der Waals surface area contributed by atoms with Gasteiger partial charge in [-0.15, -0.1) is 0 Å². The van der Waals surface area contributed by atoms with Gasteiger partial charge >= 0.3 is 0 Å². The Labute approximate surface area is 172 Å². The number of nitrogens with zero attached hydrogens (tertiary/aromatic N) is 3. The Balaban J connectivity index is 1.52. The molecule has 3 aliphatic rings. The van der Waals surface area contributed by atoms with Crippen molar-refractivity contribution in [3.63, 3.8) is 0 Å². The number of aliphatic hydroxyl groups excluding tert-OH is 1. The first-order chi connectivity index (χ1) is 13.9. The van der Waals surface area contributed by atoms with E-state index in [4.69, 9.17) is 4.74 Å². The molecule has 3 aliphatic heterocycles. The highest BCUT2D eigenvalue weighted by atomic mass is 16.5. The fraction of sp³-hybridized carbons (Fsp3) is 0.636. The lowest BCUT2D eigenvalue weighted by Gasteiger charge is -2.51. The normalized spacial score (nSPS) is 26.4. The number of likely N-dealkylation sites (tertiary alicyclic amines) is 3. The van der Waals surface area contributed by atoms with Gasteiger partial charge in [0.05, 0.1) is 24.7 Å². The van der Waals surface area contributed by atoms with Gasteiger partial charge < -0.3 is 19.6 Å². The minimum atomic E-state index is -0.622. The standard InChI is InChI=1S/C22H31N3O4/c1-23-9-4-7-19(23)20(27)25-14-22(15-25,21(28)24-10-8-17(26)13-24)12-16-5-3-6-18(11-16)29-2/h3,5-6,11,17,19,26H,4,7-10,12-15H2,1-2H3/t17-,19+/m1/s1. The molecule has 2 amide bonds. The molecule has 0 aliphatic carbocycles. The van der Waals surface area contributed by atoms with E-state index in [9.17, 15) is 14.7 Å². The molecule has 4 rings (SSSR count). The highest BCUT2D eigenvalue weighted by molar-refractivity contribution is 5.90. The highest BCUT2D eigenvalue weighted by Crippen LogP contribution is 2.39. The number of carbonyl (C=O) groups excluding carboxylic acids is 2. The van der Waals surface area contributed by atoms with Crippen molar-refractivity contribution in [1.82, 2.24) is 14.7 Å². The number of likely N-dealkylation sites (N-methyl/N-ethyl adjacent to an activating group) is 1. The number of benzene rings is 1. The number of aliphatic hydroxyl groups is 1. The van der Waals surface area contributed by atoms with Crippen LogP contribution < -0.4 is 4.74 Å². The van der Waals surface area contributed by atoms with Crippen LogP contribution in [-0.2, 0) is 16.0 Å². The summed E-state index contributed by atoms with van der Waals surface area (Å²) in [6, 6.07) is 7.73. The van der Waals surface area contributed by atoms with E-state index in [1.807, 2.05) is 36.2 Å². The highest BCUT2D eigenvalue weighted by Gasteiger charge is 2.54. The van der Waals surface area contributed by atoms with Crippen molar-refractivity contribution in [3.05, 3.63) is 29.8 Å². The number of methoxy groups -OCH3 is 1. The fourth-order valence-electron chi connectivity index (χ4n) is 5.03. The van der Waals surface area contributed by atoms with Gasteiger partial charge in [0.1, 0.15) is 5.75 Å². The van der Waals surface area contributed by atoms with Gasteiger partial charge in [0.25, 0.3) is 0 Å². The van der Waals surface area contributed by atoms with Crippen LogP contribution in [0.2, 0.25) is 0 Å². The van der Waals surface area contributed by atoms with Crippen molar-refractivity contribution in [2.75, 3.05) is 46.9 Å². The molecule has 0 bridgehead atoms. The Bertz CT molecular complexity index is 777. The minimum absolute atomic E-state index is 0.0562. The number of hydrogen-bond acceptors (Lipinski definition) is 5. The summed E-state index contributed by atoms with van der Waals surface area (Å²) in [6.07, 6.45) is 2.68. The molecular formula is C22H31N3O4. The molecule has 3 heterocycles. The molecule has 0 unspecified atom stereocenters. The van der Waals surface area contributed by atoms with Crippen molar-refractivity contribution >= 4 is 11.8 Å². The van der Waals surface area contributed by atoms with E-state index in [1.165, 1.54) is 0 Å². The fourth-order valence-corrected chi connectivity index (χ4v) is 5.03. The summed E-state index contributed by atoms with van der Waals surface area (Å²) in [5, 5.41) is 9.90. The van der Waals surface area contributed by atoms with E-state index >= 15 is 0 Å². The third-order valence-corrected chi connectivity index (χ3v) is 6.69. The molecule has 0 aromatic heterocycles. The number of β-amino-alcohol motifs (C(OH)–C–C–N with tert-alkyl or cyclic N) is 1. The first-order valence-electron chi connectivity index (χ1n) is 10.5. The van der Waals surface area contributed by atoms with Crippen LogP contribution in [0, 0.1) is 5.41 Å². The lowest BCUT2D eigenvalue weighted by atomic mass is 9.73. The predicted molar refractivity (Wildman–Crippen MR) is 109 cm³/mol. The van der Waals surface area contributed by atoms with Gasteiger partial charge in [-0.25, -0.2) is 0 Å². The quantitative estimate of drug-likeness (QED) is 0.788. The molecule has 1 aromatic carbocycles. The molecule has 158 valence electrons. The second-order valence-electron chi connectivity index (χ2n) is 8.84. The van der Waals surface area contributed by atoms with Crippen molar-refractivity contribution in [3.8, 4) is 5.75 Å². The molecule has 0 saturated carbocycles. The molecule has 1 aromatic rings. The van der Waals surface area contributed by atoms with Crippen LogP contribution >= 0.6 is 0 Å². The van der Waals surface area contributed by atoms with Crippen LogP contribution in [0.25, 0.3) is 0 Å². The Morgan fingerprint density at radius 1 is 1.21 bits per heavy atom. The maximum absolute atomic E-state index is 13.4. The van der Waals surface area contributed by atoms with Crippen molar-refractivity contribution in [2.24, 2.45) is 5.41 Å². The summed E-state index contributed by atoms with van der Waals surface area (Å²) in [6.45, 7) is 2.80. The Hall–Kier alpha value is -2.12. The zero-order valence-corrected chi connectivity index (χ0v) is 17.3. The van der Waals surface area contributed by atoms with Crippen LogP contribution in [0.3, 0.4) is 0 Å². The van der Waals surface area contributed by atoms with Crippen LogP contribution in [0.4, 0.5) is 0 Å². The van der Waals surface area contributed by atoms with E-state index < -0.39 is 11.5 Å². The maximum Gasteiger partial charge on any atom is 0.239 e. The van der Waals surface area contributed by atoms with Gasteiger partial charge in [-0.3, -0.25) is 14.5 Å². The molecule has 7 heteroatoms. The monoisotopic (exact) mass is 401 g/mol. The van der Waals surface area contributed by atoms with E-state index in [2.05, 4.69) is 4.90 Å². The summed E-state index contributed by atoms with van der Waals surface area (Å²) in [7, 11) is 3.63. The third kappa shape index (κ3) is 3.85. The van der Waals surface area contributed by atoms with Crippen LogP contribution in [0.1, 0.15) is 24.8 Å². The molecule has 1 N–H and O–H groups in total. The smallest absolute Gasteiger partial charge is 0.239 e. The zero-order chi connectivity index (χ0) is 20.6. The molecule has 3 saturated heterocycles. The second-order valence-corrected chi connectivity index (χ2v) is 8.84. The molecule has 7 nitrogen and oxygen atoms in total. The van der Waals surface area contributed by atoms with Crippen molar-refractivity contribution in [1.29, 1.82) is 0 Å². The number of hydrogen-bond donors (Lipinski definition) is 1. The Morgan fingerprint density at radius 2 is 2.00 bits per heavy atom. The molecule has 3 fully saturated rings. The minimum Gasteiger partial charge on any atom is -0.497 e. The lowest BCUT2D eigenvalue weighted by molar-refractivity contribution is -0.162. The Morgan fingerprint density at radius 3 is 2.62 bits per heavy atom. The number of amides is 2. The zero-order valence-electron chi connectivity index (χ0n) is 17.3. The third-order valence-electron chi connectivity index (χ3n) is 6.69. The average Bonchev–Trinajstić information content (AvgIpc) is 3.31. The molecule has 29 heavy (non-hydrogen) atoms. The first-order valence-corrected chi connectivity index (χ1v) is 10.5. The molecule has 0 radical (unpaired) electrons. The SMILES string of the molecule is COc1cccc(CC2(C(=O)N3CC[C@@H](O)C3)CN(C(=O)[C@@H]3CCCN3C)C2)c1. The van der Waals surface area contributed by atoms with E-state index in [0.717, 1.165) is 30.7 Å². The van der Waals surface area contributed by atoms with Gasteiger partial charge in [-0.05, 0) is 57.0 Å². The summed E-state index contributed by atoms with van der Waals surface area (Å²) < 4.78 is 5.34. The maximum atomic E-state index is 13.4. The second kappa shape index (κ2) is 7.95. The summed E-state index contributed by atoms with van der Waals surface area (Å²) in [5.41, 5.74) is 0.408. The van der Waals surface area contributed by atoms with Gasteiger partial charge in [0, 0.05) is 26.2 Å². The molecule has 2 atom stereocenters. The van der Waals surface area contributed by atoms with Crippen molar-refractivity contribution in [2.45, 2.75) is 37.8 Å². The van der Waals surface area contributed by atoms with Crippen LogP contribution in [0.5, 0.6) is 5.75 Å². The van der Waals surface area contributed by atoms with Gasteiger partial charge in [-0.1, -0.05) is 12.1 Å². The molecule has 0 spiro atoms. The van der Waals surface area contributed by atoms with Crippen LogP contribution in [-0.4, -0.2) is 90.6 Å². The largest absolute Gasteiger partial charge is 0.497 e. The van der Waals surface area contributed by atoms with E-state index in [0.29, 0.717) is 39.0 Å². The lowest BCUT2D eigenvalue weighted by Crippen LogP contribution is -2.67. The Kier molecular flexibility index (Phi) is 5.53. The number of carbonyl (C=O) groups is 2. The van der Waals surface area contributed by atoms with Gasteiger partial charge in [-0.2, -0.15) is 0 Å². The number of rotatable bonds is 5. The van der Waals surface area contributed by atoms with E-state index in [1.54, 1.807) is 12.0 Å². The van der Waals surface area contributed by atoms with E-state index in [-0.39, 0.29) is 17.9 Å². The topological polar surface area (TPSA) is 73.3 Å². The summed E-state index contributed by atoms with van der Waals surface area (Å²) in [4.78, 5) is 32.1. The van der Waals surface area contributed by atoms with Gasteiger partial charge in [0.2, 0.25) is 11.8 Å². The summed E-state index contributed by atoms with van der Waals surface area (Å²) in [5.74, 6) is 0.961. The van der Waals surface area contributed by atoms with Gasteiger partial charge in [0.15, 0.2) is 0 Å². The van der Waals surface area contributed by atoms with Crippen LogP contribution in [0.15, 0.2) is 24.3 Å². The van der Waals surface area contributed by atoms with Crippen molar-refractivity contribution < 1.29 is 19.4 Å². The number of ether oxygens (including phenoxy) is 1.